The Balaban J connectivity index is 2.39. The van der Waals surface area contributed by atoms with Crippen LogP contribution in [0.3, 0.4) is 0 Å². The zero-order valence-corrected chi connectivity index (χ0v) is 10.6. The van der Waals surface area contributed by atoms with Crippen molar-refractivity contribution in [2.45, 2.75) is 50.7 Å². The molecule has 0 aromatic carbocycles. The van der Waals surface area contributed by atoms with Gasteiger partial charge in [-0.25, -0.2) is 0 Å². The molecule has 0 saturated heterocycles. The quantitative estimate of drug-likeness (QED) is 0.730. The summed E-state index contributed by atoms with van der Waals surface area (Å²) in [5, 5.41) is 13.0. The summed E-state index contributed by atoms with van der Waals surface area (Å²) in [4.78, 5) is 13.8. The molecule has 1 unspecified atom stereocenters. The Morgan fingerprint density at radius 3 is 2.44 bits per heavy atom. The lowest BCUT2D eigenvalue weighted by atomic mass is 10.0. The fourth-order valence-electron chi connectivity index (χ4n) is 2.36. The molecule has 0 spiro atoms. The van der Waals surface area contributed by atoms with Crippen molar-refractivity contribution in [2.24, 2.45) is 0 Å². The third-order valence-corrected chi connectivity index (χ3v) is 3.44. The van der Waals surface area contributed by atoms with E-state index in [0.717, 1.165) is 32.1 Å². The van der Waals surface area contributed by atoms with Crippen molar-refractivity contribution in [3.8, 4) is 0 Å². The predicted octanol–water partition coefficient (Wildman–Crippen LogP) is 0.748. The van der Waals surface area contributed by atoms with Crippen LogP contribution in [0.4, 0.5) is 0 Å². The Bertz CT molecular complexity index is 235. The van der Waals surface area contributed by atoms with Crippen LogP contribution in [0, 0.1) is 0 Å². The number of amides is 1. The Kier molecular flexibility index (Phi) is 4.74. The molecule has 1 aliphatic carbocycles. The lowest BCUT2D eigenvalue weighted by Crippen LogP contribution is -2.48. The smallest absolute Gasteiger partial charge is 0.237 e. The summed E-state index contributed by atoms with van der Waals surface area (Å²) in [5.41, 5.74) is -0.653. The summed E-state index contributed by atoms with van der Waals surface area (Å²) < 4.78 is 0. The molecule has 0 radical (unpaired) electrons. The van der Waals surface area contributed by atoms with E-state index in [1.54, 1.807) is 0 Å². The number of aliphatic hydroxyl groups is 1. The summed E-state index contributed by atoms with van der Waals surface area (Å²) in [5.74, 6) is 0.0211. The third-order valence-electron chi connectivity index (χ3n) is 3.44. The maximum atomic E-state index is 11.9. The molecule has 0 bridgehead atoms. The van der Waals surface area contributed by atoms with E-state index in [2.05, 4.69) is 5.32 Å². The highest BCUT2D eigenvalue weighted by Gasteiger charge is 2.32. The van der Waals surface area contributed by atoms with E-state index in [-0.39, 0.29) is 11.9 Å². The number of nitrogens with zero attached hydrogens (tertiary/aromatic N) is 1. The van der Waals surface area contributed by atoms with Gasteiger partial charge in [-0.1, -0.05) is 19.8 Å². The molecular formula is C12H24N2O2. The highest BCUT2D eigenvalue weighted by molar-refractivity contribution is 5.81. The van der Waals surface area contributed by atoms with Gasteiger partial charge in [0.2, 0.25) is 5.91 Å². The summed E-state index contributed by atoms with van der Waals surface area (Å²) >= 11 is 0. The molecule has 1 rings (SSSR count). The van der Waals surface area contributed by atoms with E-state index in [4.69, 9.17) is 0 Å². The Hall–Kier alpha value is -0.610. The highest BCUT2D eigenvalue weighted by atomic mass is 16.3. The fourth-order valence-corrected chi connectivity index (χ4v) is 2.36. The van der Waals surface area contributed by atoms with Crippen molar-refractivity contribution >= 4 is 5.91 Å². The number of carbonyl (C=O) groups is 1. The van der Waals surface area contributed by atoms with Gasteiger partial charge < -0.3 is 10.4 Å². The van der Waals surface area contributed by atoms with E-state index >= 15 is 0 Å². The Labute approximate surface area is 98.0 Å². The van der Waals surface area contributed by atoms with Crippen molar-refractivity contribution in [1.82, 2.24) is 10.2 Å². The van der Waals surface area contributed by atoms with Crippen molar-refractivity contribution in [3.05, 3.63) is 0 Å². The highest BCUT2D eigenvalue weighted by Crippen LogP contribution is 2.28. The molecular weight excluding hydrogens is 204 g/mol. The van der Waals surface area contributed by atoms with Gasteiger partial charge in [0.25, 0.3) is 0 Å². The molecule has 2 N–H and O–H groups in total. The fraction of sp³-hybridized carbons (Fsp3) is 0.917. The minimum absolute atomic E-state index is 0.0211. The molecule has 4 nitrogen and oxygen atoms in total. The van der Waals surface area contributed by atoms with Crippen LogP contribution in [-0.2, 0) is 4.79 Å². The van der Waals surface area contributed by atoms with Gasteiger partial charge in [-0.05, 0) is 33.4 Å². The van der Waals surface area contributed by atoms with Crippen molar-refractivity contribution in [3.63, 3.8) is 0 Å². The van der Waals surface area contributed by atoms with Crippen LogP contribution in [0.25, 0.3) is 0 Å². The zero-order valence-electron chi connectivity index (χ0n) is 10.6. The van der Waals surface area contributed by atoms with Gasteiger partial charge in [-0.3, -0.25) is 9.69 Å². The average molecular weight is 228 g/mol. The van der Waals surface area contributed by atoms with Gasteiger partial charge in [0.1, 0.15) is 0 Å². The van der Waals surface area contributed by atoms with Crippen LogP contribution in [0.1, 0.15) is 39.0 Å². The second-order valence-corrected chi connectivity index (χ2v) is 5.04. The maximum absolute atomic E-state index is 11.9. The van der Waals surface area contributed by atoms with E-state index in [1.165, 1.54) is 0 Å². The first-order chi connectivity index (χ1) is 7.48. The number of hydrogen-bond acceptors (Lipinski definition) is 3. The molecule has 94 valence electrons. The lowest BCUT2D eigenvalue weighted by Gasteiger charge is -2.26. The van der Waals surface area contributed by atoms with Crippen LogP contribution < -0.4 is 5.32 Å². The van der Waals surface area contributed by atoms with Gasteiger partial charge in [0.05, 0.1) is 11.6 Å². The SMILES string of the molecule is CCC(C(=O)NCC1(O)CCCC1)N(C)C. The predicted molar refractivity (Wildman–Crippen MR) is 64.2 cm³/mol. The first-order valence-electron chi connectivity index (χ1n) is 6.15. The van der Waals surface area contributed by atoms with Crippen LogP contribution in [0.15, 0.2) is 0 Å². The molecule has 1 amide bonds. The van der Waals surface area contributed by atoms with Crippen molar-refractivity contribution in [1.29, 1.82) is 0 Å². The topological polar surface area (TPSA) is 52.6 Å². The van der Waals surface area contributed by atoms with Crippen LogP contribution in [0.5, 0.6) is 0 Å². The van der Waals surface area contributed by atoms with Gasteiger partial charge in [-0.15, -0.1) is 0 Å². The normalized spacial score (nSPS) is 21.1. The second-order valence-electron chi connectivity index (χ2n) is 5.04. The molecule has 16 heavy (non-hydrogen) atoms. The number of nitrogens with one attached hydrogen (secondary N) is 1. The first-order valence-corrected chi connectivity index (χ1v) is 6.15. The van der Waals surface area contributed by atoms with Crippen LogP contribution >= 0.6 is 0 Å². The van der Waals surface area contributed by atoms with Gasteiger partial charge in [0.15, 0.2) is 0 Å². The first kappa shape index (κ1) is 13.5. The number of rotatable bonds is 5. The molecule has 0 aromatic heterocycles. The maximum Gasteiger partial charge on any atom is 0.237 e. The van der Waals surface area contributed by atoms with Crippen LogP contribution in [0.2, 0.25) is 0 Å². The Morgan fingerprint density at radius 1 is 1.44 bits per heavy atom. The minimum atomic E-state index is -0.653. The van der Waals surface area contributed by atoms with Gasteiger partial charge >= 0.3 is 0 Å². The number of likely N-dealkylation sites (N-methyl/N-ethyl adjacent to an activating group) is 1. The van der Waals surface area contributed by atoms with E-state index in [9.17, 15) is 9.90 Å². The molecule has 4 heteroatoms. The molecule has 1 saturated carbocycles. The Morgan fingerprint density at radius 2 is 2.00 bits per heavy atom. The largest absolute Gasteiger partial charge is 0.388 e. The molecule has 0 aliphatic heterocycles. The summed E-state index contributed by atoms with van der Waals surface area (Å²) in [6.45, 7) is 2.39. The van der Waals surface area contributed by atoms with Crippen molar-refractivity contribution < 1.29 is 9.90 Å². The second kappa shape index (κ2) is 5.64. The van der Waals surface area contributed by atoms with Gasteiger partial charge in [0, 0.05) is 6.54 Å². The van der Waals surface area contributed by atoms with Crippen LogP contribution in [-0.4, -0.2) is 48.2 Å². The summed E-state index contributed by atoms with van der Waals surface area (Å²) in [7, 11) is 3.80. The third kappa shape index (κ3) is 3.46. The molecule has 1 atom stereocenters. The molecule has 0 heterocycles. The van der Waals surface area contributed by atoms with E-state index in [1.807, 2.05) is 25.9 Å². The molecule has 1 fully saturated rings. The number of hydrogen-bond donors (Lipinski definition) is 2. The van der Waals surface area contributed by atoms with Crippen molar-refractivity contribution in [2.75, 3.05) is 20.6 Å². The molecule has 0 aromatic rings. The van der Waals surface area contributed by atoms with Gasteiger partial charge in [-0.2, -0.15) is 0 Å². The summed E-state index contributed by atoms with van der Waals surface area (Å²) in [6, 6.07) is -0.0926. The van der Waals surface area contributed by atoms with E-state index in [0.29, 0.717) is 6.54 Å². The minimum Gasteiger partial charge on any atom is -0.388 e. The van der Waals surface area contributed by atoms with E-state index < -0.39 is 5.60 Å². The zero-order chi connectivity index (χ0) is 12.2. The number of carbonyl (C=O) groups excluding carboxylic acids is 1. The monoisotopic (exact) mass is 228 g/mol. The summed E-state index contributed by atoms with van der Waals surface area (Å²) in [6.07, 6.45) is 4.55. The molecule has 1 aliphatic rings. The standard InChI is InChI=1S/C12H24N2O2/c1-4-10(14(2)3)11(15)13-9-12(16)7-5-6-8-12/h10,16H,4-9H2,1-3H3,(H,13,15). The average Bonchev–Trinajstić information content (AvgIpc) is 2.63. The lowest BCUT2D eigenvalue weighted by molar-refractivity contribution is -0.126.